The molecule has 0 saturated carbocycles. The Kier molecular flexibility index (Phi) is 3.84. The van der Waals surface area contributed by atoms with Gasteiger partial charge in [0.05, 0.1) is 17.2 Å². The molecule has 0 aliphatic heterocycles. The number of ether oxygens (including phenoxy) is 1. The fraction of sp³-hybridized carbons (Fsp3) is 0.214. The summed E-state index contributed by atoms with van der Waals surface area (Å²) in [5.41, 5.74) is 7.04. The molecule has 1 aromatic heterocycles. The van der Waals surface area contributed by atoms with E-state index >= 15 is 0 Å². The average Bonchev–Trinajstić information content (AvgIpc) is 2.39. The van der Waals surface area contributed by atoms with E-state index in [4.69, 9.17) is 10.5 Å². The Hall–Kier alpha value is -2.63. The van der Waals surface area contributed by atoms with Gasteiger partial charge < -0.3 is 10.5 Å². The van der Waals surface area contributed by atoms with Gasteiger partial charge in [0.1, 0.15) is 11.4 Å². The van der Waals surface area contributed by atoms with Crippen LogP contribution in [-0.4, -0.2) is 16.0 Å². The quantitative estimate of drug-likeness (QED) is 0.525. The van der Waals surface area contributed by atoms with Gasteiger partial charge in [-0.3, -0.25) is 15.1 Å². The van der Waals surface area contributed by atoms with Gasteiger partial charge in [-0.05, 0) is 31.5 Å². The predicted octanol–water partition coefficient (Wildman–Crippen LogP) is 3.03. The van der Waals surface area contributed by atoms with Crippen LogP contribution in [0.2, 0.25) is 0 Å². The zero-order chi connectivity index (χ0) is 14.7. The topological polar surface area (TPSA) is 91.3 Å². The molecule has 2 N–H and O–H groups in total. The standard InChI is InChI=1S/C14H15N3O3/c1-9(2)20-14-8-16-6-5-11(14)10-3-4-12(15)13(7-10)17(18)19/h3-9H,15H2,1-2H3. The minimum absolute atomic E-state index is 0.0123. The molecule has 0 bridgehead atoms. The number of hydrogen-bond donors (Lipinski definition) is 1. The second-order valence-corrected chi connectivity index (χ2v) is 4.57. The van der Waals surface area contributed by atoms with Crippen LogP contribution in [0.4, 0.5) is 11.4 Å². The van der Waals surface area contributed by atoms with Crippen molar-refractivity contribution in [3.8, 4) is 16.9 Å². The molecule has 0 radical (unpaired) electrons. The summed E-state index contributed by atoms with van der Waals surface area (Å²) in [4.78, 5) is 14.5. The summed E-state index contributed by atoms with van der Waals surface area (Å²) >= 11 is 0. The minimum atomic E-state index is -0.497. The number of hydrogen-bond acceptors (Lipinski definition) is 5. The molecular weight excluding hydrogens is 258 g/mol. The highest BCUT2D eigenvalue weighted by molar-refractivity contribution is 5.75. The van der Waals surface area contributed by atoms with Crippen molar-refractivity contribution in [2.45, 2.75) is 20.0 Å². The zero-order valence-electron chi connectivity index (χ0n) is 11.2. The van der Waals surface area contributed by atoms with Crippen molar-refractivity contribution in [1.29, 1.82) is 0 Å². The maximum Gasteiger partial charge on any atom is 0.292 e. The van der Waals surface area contributed by atoms with Crippen molar-refractivity contribution in [3.05, 3.63) is 46.8 Å². The molecule has 0 aliphatic rings. The second kappa shape index (κ2) is 5.56. The number of anilines is 1. The Morgan fingerprint density at radius 1 is 1.35 bits per heavy atom. The highest BCUT2D eigenvalue weighted by Crippen LogP contribution is 2.34. The molecule has 6 heteroatoms. The summed E-state index contributed by atoms with van der Waals surface area (Å²) < 4.78 is 5.67. The molecule has 0 amide bonds. The Labute approximate surface area is 116 Å². The Bertz CT molecular complexity index is 641. The number of nitrogens with two attached hydrogens (primary N) is 1. The van der Waals surface area contributed by atoms with E-state index in [-0.39, 0.29) is 17.5 Å². The molecule has 20 heavy (non-hydrogen) atoms. The largest absolute Gasteiger partial charge is 0.489 e. The van der Waals surface area contributed by atoms with Crippen molar-refractivity contribution in [3.63, 3.8) is 0 Å². The van der Waals surface area contributed by atoms with Crippen LogP contribution in [0.15, 0.2) is 36.7 Å². The van der Waals surface area contributed by atoms with Gasteiger partial charge in [0.25, 0.3) is 5.69 Å². The van der Waals surface area contributed by atoms with Crippen molar-refractivity contribution >= 4 is 11.4 Å². The first kappa shape index (κ1) is 13.8. The van der Waals surface area contributed by atoms with Crippen LogP contribution in [0, 0.1) is 10.1 Å². The maximum atomic E-state index is 10.9. The number of nitro benzene ring substituents is 1. The summed E-state index contributed by atoms with van der Waals surface area (Å²) in [5.74, 6) is 0.585. The number of benzene rings is 1. The summed E-state index contributed by atoms with van der Waals surface area (Å²) in [5, 5.41) is 10.9. The first-order chi connectivity index (χ1) is 9.49. The molecule has 1 aromatic carbocycles. The maximum absolute atomic E-state index is 10.9. The third-order valence-electron chi connectivity index (χ3n) is 2.69. The van der Waals surface area contributed by atoms with Crippen LogP contribution in [-0.2, 0) is 0 Å². The van der Waals surface area contributed by atoms with Gasteiger partial charge >= 0.3 is 0 Å². The van der Waals surface area contributed by atoms with Gasteiger partial charge in [-0.25, -0.2) is 0 Å². The van der Waals surface area contributed by atoms with Crippen LogP contribution >= 0.6 is 0 Å². The van der Waals surface area contributed by atoms with Crippen LogP contribution in [0.1, 0.15) is 13.8 Å². The van der Waals surface area contributed by atoms with E-state index in [1.807, 2.05) is 13.8 Å². The fourth-order valence-corrected chi connectivity index (χ4v) is 1.84. The molecule has 0 atom stereocenters. The van der Waals surface area contributed by atoms with Gasteiger partial charge in [-0.2, -0.15) is 0 Å². The molecular formula is C14H15N3O3. The summed E-state index contributed by atoms with van der Waals surface area (Å²) in [6.45, 7) is 3.81. The molecule has 0 fully saturated rings. The zero-order valence-corrected chi connectivity index (χ0v) is 11.2. The van der Waals surface area contributed by atoms with E-state index < -0.39 is 4.92 Å². The molecule has 2 rings (SSSR count). The van der Waals surface area contributed by atoms with Gasteiger partial charge in [0.2, 0.25) is 0 Å². The molecule has 0 saturated heterocycles. The first-order valence-corrected chi connectivity index (χ1v) is 6.14. The van der Waals surface area contributed by atoms with Crippen LogP contribution in [0.5, 0.6) is 5.75 Å². The highest BCUT2D eigenvalue weighted by atomic mass is 16.6. The SMILES string of the molecule is CC(C)Oc1cnccc1-c1ccc(N)c([N+](=O)[O-])c1. The molecule has 0 unspecified atom stereocenters. The van der Waals surface area contributed by atoms with E-state index in [1.165, 1.54) is 12.1 Å². The molecule has 0 aliphatic carbocycles. The lowest BCUT2D eigenvalue weighted by Crippen LogP contribution is -2.06. The number of rotatable bonds is 4. The van der Waals surface area contributed by atoms with Crippen LogP contribution in [0.3, 0.4) is 0 Å². The molecule has 1 heterocycles. The predicted molar refractivity (Wildman–Crippen MR) is 76.5 cm³/mol. The minimum Gasteiger partial charge on any atom is -0.489 e. The van der Waals surface area contributed by atoms with E-state index in [9.17, 15) is 10.1 Å². The van der Waals surface area contributed by atoms with Crippen molar-refractivity contribution in [1.82, 2.24) is 4.98 Å². The van der Waals surface area contributed by atoms with Crippen molar-refractivity contribution < 1.29 is 9.66 Å². The highest BCUT2D eigenvalue weighted by Gasteiger charge is 2.15. The fourth-order valence-electron chi connectivity index (χ4n) is 1.84. The molecule has 6 nitrogen and oxygen atoms in total. The third-order valence-corrected chi connectivity index (χ3v) is 2.69. The molecule has 0 spiro atoms. The number of nitro groups is 1. The number of aromatic nitrogens is 1. The van der Waals surface area contributed by atoms with Crippen molar-refractivity contribution in [2.75, 3.05) is 5.73 Å². The molecule has 2 aromatic rings. The lowest BCUT2D eigenvalue weighted by molar-refractivity contribution is -0.383. The van der Waals surface area contributed by atoms with Gasteiger partial charge in [-0.1, -0.05) is 6.07 Å². The van der Waals surface area contributed by atoms with Crippen LogP contribution < -0.4 is 10.5 Å². The lowest BCUT2D eigenvalue weighted by atomic mass is 10.0. The molecule has 104 valence electrons. The van der Waals surface area contributed by atoms with E-state index in [0.29, 0.717) is 11.3 Å². The Balaban J connectivity index is 2.51. The van der Waals surface area contributed by atoms with Gasteiger partial charge in [0.15, 0.2) is 0 Å². The van der Waals surface area contributed by atoms with Crippen molar-refractivity contribution in [2.24, 2.45) is 0 Å². The average molecular weight is 273 g/mol. The Morgan fingerprint density at radius 3 is 2.75 bits per heavy atom. The van der Waals surface area contributed by atoms with Crippen LogP contribution in [0.25, 0.3) is 11.1 Å². The number of nitrogen functional groups attached to an aromatic ring is 1. The number of nitrogens with zero attached hydrogens (tertiary/aromatic N) is 2. The summed E-state index contributed by atoms with van der Waals surface area (Å²) in [6, 6.07) is 6.45. The van der Waals surface area contributed by atoms with Gasteiger partial charge in [0, 0.05) is 17.8 Å². The Morgan fingerprint density at radius 2 is 2.10 bits per heavy atom. The first-order valence-electron chi connectivity index (χ1n) is 6.14. The monoisotopic (exact) mass is 273 g/mol. The normalized spacial score (nSPS) is 10.6. The van der Waals surface area contributed by atoms with E-state index in [2.05, 4.69) is 4.98 Å². The summed E-state index contributed by atoms with van der Waals surface area (Å²) in [6.07, 6.45) is 3.20. The van der Waals surface area contributed by atoms with Gasteiger partial charge in [-0.15, -0.1) is 0 Å². The van der Waals surface area contributed by atoms with E-state index in [1.54, 1.807) is 24.5 Å². The number of pyridine rings is 1. The third kappa shape index (κ3) is 2.85. The summed E-state index contributed by atoms with van der Waals surface area (Å²) in [7, 11) is 0. The lowest BCUT2D eigenvalue weighted by Gasteiger charge is -2.13. The second-order valence-electron chi connectivity index (χ2n) is 4.57. The van der Waals surface area contributed by atoms with E-state index in [0.717, 1.165) is 5.56 Å². The smallest absolute Gasteiger partial charge is 0.292 e.